The Labute approximate surface area is 198 Å². The minimum atomic E-state index is -0.171. The molecule has 1 atom stereocenters. The Kier molecular flexibility index (Phi) is 6.24. The van der Waals surface area contributed by atoms with Crippen LogP contribution in [0.5, 0.6) is 0 Å². The Hall–Kier alpha value is -3.38. The van der Waals surface area contributed by atoms with Crippen molar-refractivity contribution in [2.45, 2.75) is 32.4 Å². The molecule has 34 heavy (non-hydrogen) atoms. The van der Waals surface area contributed by atoms with E-state index in [1.165, 1.54) is 6.07 Å². The summed E-state index contributed by atoms with van der Waals surface area (Å²) in [5.41, 5.74) is 5.10. The van der Waals surface area contributed by atoms with Gasteiger partial charge in [-0.1, -0.05) is 30.3 Å². The molecular weight excluding hydrogens is 429 g/mol. The fraction of sp³-hybridized carbons (Fsp3) is 0.321. The van der Waals surface area contributed by atoms with Gasteiger partial charge in [-0.3, -0.25) is 19.5 Å². The van der Waals surface area contributed by atoms with Gasteiger partial charge < -0.3 is 4.57 Å². The number of pyridine rings is 1. The monoisotopic (exact) mass is 457 g/mol. The SMILES string of the molecule is Cn1cc(C2=NCc3ccc(C(=O)C[C@@H]4CCCN(Cc5ccccc5F)C4)cc32)ccc1=O. The highest BCUT2D eigenvalue weighted by molar-refractivity contribution is 6.16. The number of ketones is 1. The van der Waals surface area contributed by atoms with Crippen LogP contribution in [0.15, 0.2) is 70.6 Å². The third-order valence-corrected chi connectivity index (χ3v) is 6.88. The Morgan fingerprint density at radius 3 is 2.82 bits per heavy atom. The number of Topliss-reactive ketones (excluding diaryl/α,β-unsaturated/α-hetero) is 1. The maximum absolute atomic E-state index is 14.1. The quantitative estimate of drug-likeness (QED) is 0.517. The number of aromatic nitrogens is 1. The number of likely N-dealkylation sites (tertiary alicyclic amines) is 1. The Morgan fingerprint density at radius 1 is 1.15 bits per heavy atom. The summed E-state index contributed by atoms with van der Waals surface area (Å²) < 4.78 is 15.6. The fourth-order valence-corrected chi connectivity index (χ4v) is 5.05. The first-order valence-corrected chi connectivity index (χ1v) is 11.8. The molecule has 3 heterocycles. The van der Waals surface area contributed by atoms with Gasteiger partial charge in [0, 0.05) is 61.1 Å². The second-order valence-electron chi connectivity index (χ2n) is 9.37. The molecule has 0 radical (unpaired) electrons. The van der Waals surface area contributed by atoms with Gasteiger partial charge in [0.15, 0.2) is 5.78 Å². The number of rotatable bonds is 6. The molecule has 2 aliphatic rings. The molecule has 2 aliphatic heterocycles. The minimum Gasteiger partial charge on any atom is -0.318 e. The zero-order valence-electron chi connectivity index (χ0n) is 19.3. The van der Waals surface area contributed by atoms with Gasteiger partial charge in [0.05, 0.1) is 12.3 Å². The van der Waals surface area contributed by atoms with E-state index < -0.39 is 0 Å². The summed E-state index contributed by atoms with van der Waals surface area (Å²) in [6, 6.07) is 16.1. The highest BCUT2D eigenvalue weighted by atomic mass is 19.1. The van der Waals surface area contributed by atoms with Gasteiger partial charge in [0.1, 0.15) is 5.82 Å². The molecule has 1 aromatic heterocycles. The summed E-state index contributed by atoms with van der Waals surface area (Å²) >= 11 is 0. The van der Waals surface area contributed by atoms with Crippen molar-refractivity contribution < 1.29 is 9.18 Å². The van der Waals surface area contributed by atoms with Crippen LogP contribution in [0.3, 0.4) is 0 Å². The summed E-state index contributed by atoms with van der Waals surface area (Å²) in [7, 11) is 1.72. The zero-order valence-corrected chi connectivity index (χ0v) is 19.3. The molecule has 174 valence electrons. The lowest BCUT2D eigenvalue weighted by molar-refractivity contribution is 0.0912. The zero-order chi connectivity index (χ0) is 23.7. The molecule has 0 aliphatic carbocycles. The largest absolute Gasteiger partial charge is 0.318 e. The van der Waals surface area contributed by atoms with E-state index >= 15 is 0 Å². The van der Waals surface area contributed by atoms with Crippen LogP contribution in [0, 0.1) is 11.7 Å². The van der Waals surface area contributed by atoms with E-state index in [1.807, 2.05) is 30.3 Å². The van der Waals surface area contributed by atoms with E-state index in [2.05, 4.69) is 9.89 Å². The van der Waals surface area contributed by atoms with Crippen molar-refractivity contribution in [3.63, 3.8) is 0 Å². The van der Waals surface area contributed by atoms with Crippen molar-refractivity contribution >= 4 is 11.5 Å². The normalized spacial score (nSPS) is 17.9. The van der Waals surface area contributed by atoms with Gasteiger partial charge in [-0.05, 0) is 49.1 Å². The minimum absolute atomic E-state index is 0.0666. The topological polar surface area (TPSA) is 54.7 Å². The predicted molar refractivity (Wildman–Crippen MR) is 131 cm³/mol. The molecule has 0 amide bonds. The van der Waals surface area contributed by atoms with Crippen molar-refractivity contribution in [2.24, 2.45) is 18.0 Å². The number of piperidine rings is 1. The molecule has 0 bridgehead atoms. The average Bonchev–Trinajstić information content (AvgIpc) is 3.26. The number of benzene rings is 2. The van der Waals surface area contributed by atoms with Gasteiger partial charge in [-0.2, -0.15) is 0 Å². The number of halogens is 1. The average molecular weight is 458 g/mol. The van der Waals surface area contributed by atoms with E-state index in [1.54, 1.807) is 36.0 Å². The smallest absolute Gasteiger partial charge is 0.250 e. The summed E-state index contributed by atoms with van der Waals surface area (Å²) in [6.45, 7) is 2.89. The Morgan fingerprint density at radius 2 is 2.00 bits per heavy atom. The Balaban J connectivity index is 1.28. The van der Waals surface area contributed by atoms with E-state index in [0.29, 0.717) is 30.6 Å². The highest BCUT2D eigenvalue weighted by Gasteiger charge is 2.25. The molecule has 0 spiro atoms. The molecular formula is C28H28FN3O2. The van der Waals surface area contributed by atoms with Crippen LogP contribution in [0.1, 0.15) is 51.9 Å². The number of carbonyl (C=O) groups excluding carboxylic acids is 1. The first-order chi connectivity index (χ1) is 16.5. The number of hydrogen-bond acceptors (Lipinski definition) is 4. The summed E-state index contributed by atoms with van der Waals surface area (Å²) in [5, 5.41) is 0. The summed E-state index contributed by atoms with van der Waals surface area (Å²) in [5.74, 6) is 0.222. The molecule has 0 N–H and O–H groups in total. The van der Waals surface area contributed by atoms with E-state index in [9.17, 15) is 14.0 Å². The third-order valence-electron chi connectivity index (χ3n) is 6.88. The second kappa shape index (κ2) is 9.47. The standard InChI is InChI=1S/C28H28FN3O2/c1-31-17-23(10-11-27(31)34)28-24-14-20(8-9-21(24)15-30-28)26(33)13-19-5-4-12-32(16-19)18-22-6-2-3-7-25(22)29/h2-3,6-11,14,17,19H,4-5,12-13,15-16,18H2,1H3/t19-/m0/s1. The summed E-state index contributed by atoms with van der Waals surface area (Å²) in [4.78, 5) is 31.9. The van der Waals surface area contributed by atoms with Crippen LogP contribution in [0.2, 0.25) is 0 Å². The molecule has 2 aromatic carbocycles. The van der Waals surface area contributed by atoms with Crippen LogP contribution < -0.4 is 5.56 Å². The van der Waals surface area contributed by atoms with Crippen LogP contribution in [0.25, 0.3) is 0 Å². The van der Waals surface area contributed by atoms with Crippen molar-refractivity contribution in [3.8, 4) is 0 Å². The van der Waals surface area contributed by atoms with E-state index in [0.717, 1.165) is 48.3 Å². The van der Waals surface area contributed by atoms with Gasteiger partial charge >= 0.3 is 0 Å². The fourth-order valence-electron chi connectivity index (χ4n) is 5.05. The lowest BCUT2D eigenvalue weighted by Gasteiger charge is -2.32. The maximum Gasteiger partial charge on any atom is 0.250 e. The number of hydrogen-bond donors (Lipinski definition) is 0. The summed E-state index contributed by atoms with van der Waals surface area (Å²) in [6.07, 6.45) is 4.30. The van der Waals surface area contributed by atoms with Crippen LogP contribution >= 0.6 is 0 Å². The maximum atomic E-state index is 14.1. The number of aryl methyl sites for hydroxylation is 1. The van der Waals surface area contributed by atoms with Crippen LogP contribution in [0.4, 0.5) is 4.39 Å². The van der Waals surface area contributed by atoms with Crippen molar-refractivity contribution in [3.05, 3.63) is 105 Å². The van der Waals surface area contributed by atoms with Gasteiger partial charge in [0.25, 0.3) is 0 Å². The number of fused-ring (bicyclic) bond motifs is 1. The van der Waals surface area contributed by atoms with Crippen molar-refractivity contribution in [1.82, 2.24) is 9.47 Å². The Bertz CT molecular complexity index is 1330. The molecule has 5 nitrogen and oxygen atoms in total. The molecule has 5 rings (SSSR count). The molecule has 6 heteroatoms. The van der Waals surface area contributed by atoms with Crippen LogP contribution in [-0.2, 0) is 20.1 Å². The highest BCUT2D eigenvalue weighted by Crippen LogP contribution is 2.27. The first-order valence-electron chi connectivity index (χ1n) is 11.8. The van der Waals surface area contributed by atoms with Crippen LogP contribution in [-0.4, -0.2) is 34.1 Å². The molecule has 1 fully saturated rings. The lowest BCUT2D eigenvalue weighted by Crippen LogP contribution is -2.36. The van der Waals surface area contributed by atoms with Crippen molar-refractivity contribution in [2.75, 3.05) is 13.1 Å². The van der Waals surface area contributed by atoms with E-state index in [4.69, 9.17) is 0 Å². The first kappa shape index (κ1) is 22.4. The van der Waals surface area contributed by atoms with E-state index in [-0.39, 0.29) is 23.1 Å². The second-order valence-corrected chi connectivity index (χ2v) is 9.37. The number of aliphatic imine (C=N–C) groups is 1. The number of carbonyl (C=O) groups is 1. The van der Waals surface area contributed by atoms with Gasteiger partial charge in [0.2, 0.25) is 5.56 Å². The molecule has 3 aromatic rings. The van der Waals surface area contributed by atoms with Gasteiger partial charge in [-0.15, -0.1) is 0 Å². The molecule has 0 unspecified atom stereocenters. The lowest BCUT2D eigenvalue weighted by atomic mass is 9.89. The predicted octanol–water partition coefficient (Wildman–Crippen LogP) is 4.36. The third kappa shape index (κ3) is 4.64. The van der Waals surface area contributed by atoms with Gasteiger partial charge in [-0.25, -0.2) is 4.39 Å². The molecule has 1 saturated heterocycles. The number of nitrogens with zero attached hydrogens (tertiary/aromatic N) is 3. The molecule has 0 saturated carbocycles. The van der Waals surface area contributed by atoms with Crippen molar-refractivity contribution in [1.29, 1.82) is 0 Å².